The maximum atomic E-state index is 14.6. The van der Waals surface area contributed by atoms with Crippen molar-refractivity contribution in [3.8, 4) is 11.6 Å². The van der Waals surface area contributed by atoms with E-state index in [1.165, 1.54) is 10.7 Å². The predicted octanol–water partition coefficient (Wildman–Crippen LogP) is 3.87. The Hall–Kier alpha value is -3.33. The molecule has 0 amide bonds. The Labute approximate surface area is 177 Å². The van der Waals surface area contributed by atoms with E-state index in [1.807, 2.05) is 0 Å². The van der Waals surface area contributed by atoms with Crippen molar-refractivity contribution in [2.75, 3.05) is 13.7 Å². The van der Waals surface area contributed by atoms with Crippen molar-refractivity contribution in [1.82, 2.24) is 29.7 Å². The van der Waals surface area contributed by atoms with Crippen LogP contribution in [0.3, 0.4) is 0 Å². The van der Waals surface area contributed by atoms with Crippen molar-refractivity contribution in [2.24, 2.45) is 0 Å². The van der Waals surface area contributed by atoms with E-state index in [4.69, 9.17) is 4.74 Å². The molecule has 7 nitrogen and oxygen atoms in total. The van der Waals surface area contributed by atoms with Gasteiger partial charge in [0.15, 0.2) is 23.3 Å². The van der Waals surface area contributed by atoms with Crippen LogP contribution < -0.4 is 0 Å². The van der Waals surface area contributed by atoms with Gasteiger partial charge in [0.1, 0.15) is 5.52 Å². The van der Waals surface area contributed by atoms with E-state index < -0.39 is 11.6 Å². The Morgan fingerprint density at radius 1 is 1.03 bits per heavy atom. The predicted molar refractivity (Wildman–Crippen MR) is 109 cm³/mol. The number of aryl methyl sites for hydroxylation is 1. The average Bonchev–Trinajstić information content (AvgIpc) is 3.49. The monoisotopic (exact) mass is 422 g/mol. The number of aromatic nitrogens is 6. The Morgan fingerprint density at radius 2 is 1.77 bits per heavy atom. The van der Waals surface area contributed by atoms with Gasteiger partial charge in [-0.3, -0.25) is 4.68 Å². The second-order valence-electron chi connectivity index (χ2n) is 7.60. The normalized spacial score (nSPS) is 17.9. The number of rotatable bonds is 7. The van der Waals surface area contributed by atoms with Crippen molar-refractivity contribution in [3.63, 3.8) is 0 Å². The molecule has 3 aromatic heterocycles. The molecule has 0 unspecified atom stereocenters. The molecule has 9 heteroatoms. The summed E-state index contributed by atoms with van der Waals surface area (Å²) in [6.45, 7) is 0.988. The molecule has 0 saturated heterocycles. The van der Waals surface area contributed by atoms with Gasteiger partial charge in [-0.15, -0.1) is 0 Å². The average molecular weight is 422 g/mol. The molecule has 0 radical (unpaired) electrons. The van der Waals surface area contributed by atoms with Crippen LogP contribution in [0.15, 0.2) is 43.1 Å². The number of ether oxygens (including phenoxy) is 1. The third kappa shape index (κ3) is 3.65. The van der Waals surface area contributed by atoms with E-state index >= 15 is 0 Å². The zero-order chi connectivity index (χ0) is 21.4. The van der Waals surface area contributed by atoms with E-state index in [1.54, 1.807) is 44.2 Å². The molecular formula is C22H20F2N6O. The number of hydrogen-bond acceptors (Lipinski definition) is 6. The summed E-state index contributed by atoms with van der Waals surface area (Å²) in [5.41, 5.74) is 1.94. The van der Waals surface area contributed by atoms with Gasteiger partial charge in [-0.2, -0.15) is 5.10 Å². The largest absolute Gasteiger partial charge is 0.385 e. The highest BCUT2D eigenvalue weighted by Gasteiger charge is 2.42. The van der Waals surface area contributed by atoms with Gasteiger partial charge in [0.25, 0.3) is 0 Å². The summed E-state index contributed by atoms with van der Waals surface area (Å²) >= 11 is 0. The van der Waals surface area contributed by atoms with E-state index in [-0.39, 0.29) is 17.4 Å². The van der Waals surface area contributed by atoms with E-state index in [0.717, 1.165) is 17.5 Å². The molecule has 5 rings (SSSR count). The van der Waals surface area contributed by atoms with Gasteiger partial charge in [0.2, 0.25) is 0 Å². The van der Waals surface area contributed by atoms with Crippen LogP contribution in [-0.4, -0.2) is 43.4 Å². The Bertz CT molecular complexity index is 1210. The van der Waals surface area contributed by atoms with Crippen LogP contribution >= 0.6 is 0 Å². The molecule has 1 aliphatic rings. The highest BCUT2D eigenvalue weighted by molar-refractivity contribution is 5.84. The fraction of sp³-hybridized carbons (Fsp3) is 0.318. The minimum atomic E-state index is -0.860. The van der Waals surface area contributed by atoms with Crippen LogP contribution in [0.5, 0.6) is 0 Å². The van der Waals surface area contributed by atoms with Gasteiger partial charge in [0.05, 0.1) is 6.20 Å². The number of halogens is 2. The van der Waals surface area contributed by atoms with Crippen LogP contribution in [0.2, 0.25) is 0 Å². The summed E-state index contributed by atoms with van der Waals surface area (Å²) < 4.78 is 35.6. The van der Waals surface area contributed by atoms with Crippen molar-refractivity contribution < 1.29 is 13.5 Å². The van der Waals surface area contributed by atoms with Crippen molar-refractivity contribution >= 4 is 10.9 Å². The van der Waals surface area contributed by atoms with Crippen molar-refractivity contribution in [2.45, 2.75) is 31.2 Å². The van der Waals surface area contributed by atoms with Gasteiger partial charge in [-0.1, -0.05) is 0 Å². The lowest BCUT2D eigenvalue weighted by atomic mass is 10.0. The molecule has 3 heterocycles. The number of fused-ring (bicyclic) bond motifs is 1. The zero-order valence-electron chi connectivity index (χ0n) is 16.9. The van der Waals surface area contributed by atoms with Gasteiger partial charge in [-0.25, -0.2) is 28.7 Å². The molecule has 1 saturated carbocycles. The topological polar surface area (TPSA) is 78.6 Å². The lowest BCUT2D eigenvalue weighted by molar-refractivity contribution is 0.189. The summed E-state index contributed by atoms with van der Waals surface area (Å²) in [5, 5.41) is 4.95. The first-order chi connectivity index (χ1) is 15.2. The summed E-state index contributed by atoms with van der Waals surface area (Å²) in [5.74, 6) is -0.582. The first kappa shape index (κ1) is 19.6. The number of hydrogen-bond donors (Lipinski definition) is 0. The second-order valence-corrected chi connectivity index (χ2v) is 7.60. The quantitative estimate of drug-likeness (QED) is 0.421. The molecule has 158 valence electrons. The fourth-order valence-electron chi connectivity index (χ4n) is 4.02. The standard InChI is InChI=1S/C22H20F2N6O/c1-31-7-3-6-30-20-17(12-29-30)16(9-18(23)19(20)24)15-8-14(15)13-10-27-22(28-11-13)21-25-4-2-5-26-21/h2,4-5,9-12,14-15H,3,6-8H2,1H3/t14-,15-/m1/s1. The molecule has 1 aliphatic carbocycles. The summed E-state index contributed by atoms with van der Waals surface area (Å²) in [4.78, 5) is 17.1. The highest BCUT2D eigenvalue weighted by Crippen LogP contribution is 2.56. The van der Waals surface area contributed by atoms with E-state index in [0.29, 0.717) is 36.6 Å². The molecule has 0 spiro atoms. The molecule has 31 heavy (non-hydrogen) atoms. The van der Waals surface area contributed by atoms with E-state index in [9.17, 15) is 8.78 Å². The first-order valence-corrected chi connectivity index (χ1v) is 10.1. The summed E-state index contributed by atoms with van der Waals surface area (Å²) in [6.07, 6.45) is 9.91. The zero-order valence-corrected chi connectivity index (χ0v) is 16.9. The number of benzene rings is 1. The molecule has 2 atom stereocenters. The minimum absolute atomic E-state index is 0.0663. The third-order valence-electron chi connectivity index (χ3n) is 5.62. The molecule has 0 aliphatic heterocycles. The van der Waals surface area contributed by atoms with Crippen LogP contribution in [0.25, 0.3) is 22.6 Å². The van der Waals surface area contributed by atoms with Crippen LogP contribution in [0.4, 0.5) is 8.78 Å². The summed E-state index contributed by atoms with van der Waals surface area (Å²) in [7, 11) is 1.61. The molecular weight excluding hydrogens is 402 g/mol. The maximum Gasteiger partial charge on any atom is 0.197 e. The van der Waals surface area contributed by atoms with Gasteiger partial charge < -0.3 is 4.74 Å². The van der Waals surface area contributed by atoms with Gasteiger partial charge in [0, 0.05) is 50.4 Å². The molecule has 0 N–H and O–H groups in total. The van der Waals surface area contributed by atoms with Gasteiger partial charge in [-0.05, 0) is 47.9 Å². The highest BCUT2D eigenvalue weighted by atomic mass is 19.2. The number of nitrogens with zero attached hydrogens (tertiary/aromatic N) is 6. The number of methoxy groups -OCH3 is 1. The Balaban J connectivity index is 1.41. The lowest BCUT2D eigenvalue weighted by Gasteiger charge is -2.08. The first-order valence-electron chi connectivity index (χ1n) is 10.1. The second kappa shape index (κ2) is 8.07. The minimum Gasteiger partial charge on any atom is -0.385 e. The molecule has 4 aromatic rings. The van der Waals surface area contributed by atoms with Crippen LogP contribution in [-0.2, 0) is 11.3 Å². The Morgan fingerprint density at radius 3 is 2.52 bits per heavy atom. The maximum absolute atomic E-state index is 14.6. The molecule has 1 aromatic carbocycles. The fourth-order valence-corrected chi connectivity index (χ4v) is 4.02. The smallest absolute Gasteiger partial charge is 0.197 e. The van der Waals surface area contributed by atoms with Crippen LogP contribution in [0, 0.1) is 11.6 Å². The SMILES string of the molecule is COCCCn1ncc2c([C@@H]3C[C@@H]3c3cnc(-c4ncccn4)nc3)cc(F)c(F)c21. The van der Waals surface area contributed by atoms with Gasteiger partial charge >= 0.3 is 0 Å². The summed E-state index contributed by atoms with van der Waals surface area (Å²) in [6, 6.07) is 3.03. The Kier molecular flexibility index (Phi) is 5.11. The van der Waals surface area contributed by atoms with E-state index in [2.05, 4.69) is 25.0 Å². The van der Waals surface area contributed by atoms with Crippen molar-refractivity contribution in [1.29, 1.82) is 0 Å². The third-order valence-corrected chi connectivity index (χ3v) is 5.62. The lowest BCUT2D eigenvalue weighted by Crippen LogP contribution is -2.05. The van der Waals surface area contributed by atoms with Crippen molar-refractivity contribution in [3.05, 3.63) is 65.9 Å². The molecule has 0 bridgehead atoms. The molecule has 1 fully saturated rings. The van der Waals surface area contributed by atoms with Crippen LogP contribution in [0.1, 0.15) is 35.8 Å².